The number of carbonyl (C=O) groups is 1. The number of hydrogen-bond acceptors (Lipinski definition) is 1. The maximum absolute atomic E-state index is 10.6. The Kier molecular flexibility index (Phi) is 6.00. The van der Waals surface area contributed by atoms with E-state index >= 15 is 0 Å². The second kappa shape index (κ2) is 7.69. The van der Waals surface area contributed by atoms with Gasteiger partial charge in [0.15, 0.2) is 0 Å². The summed E-state index contributed by atoms with van der Waals surface area (Å²) in [6, 6.07) is 10.0. The lowest BCUT2D eigenvalue weighted by molar-refractivity contribution is -0.120. The van der Waals surface area contributed by atoms with E-state index in [4.69, 9.17) is 0 Å². The maximum atomic E-state index is 10.6. The van der Waals surface area contributed by atoms with Crippen molar-refractivity contribution in [3.63, 3.8) is 0 Å². The lowest BCUT2D eigenvalue weighted by Crippen LogP contribution is -2.21. The van der Waals surface area contributed by atoms with E-state index in [1.165, 1.54) is 12.0 Å². The summed E-state index contributed by atoms with van der Waals surface area (Å²) >= 11 is 0. The van der Waals surface area contributed by atoms with Gasteiger partial charge < -0.3 is 5.32 Å². The van der Waals surface area contributed by atoms with Gasteiger partial charge in [-0.15, -0.1) is 0 Å². The summed E-state index contributed by atoms with van der Waals surface area (Å²) in [6.07, 6.45) is 6.01. The molecule has 1 saturated heterocycles. The Morgan fingerprint density at radius 3 is 2.50 bits per heavy atom. The lowest BCUT2D eigenvalue weighted by atomic mass is 10.2. The van der Waals surface area contributed by atoms with Crippen molar-refractivity contribution in [2.45, 2.75) is 25.7 Å². The van der Waals surface area contributed by atoms with Crippen LogP contribution in [0.2, 0.25) is 0 Å². The predicted octanol–water partition coefficient (Wildman–Crippen LogP) is 3.01. The molecule has 2 rings (SSSR count). The van der Waals surface area contributed by atoms with E-state index in [1.54, 1.807) is 0 Å². The molecule has 0 atom stereocenters. The third-order valence-electron chi connectivity index (χ3n) is 2.44. The van der Waals surface area contributed by atoms with Gasteiger partial charge in [-0.25, -0.2) is 0 Å². The number of hydrogen-bond donors (Lipinski definition) is 1. The number of carbonyl (C=O) groups excluding carboxylic acids is 1. The molecule has 0 unspecified atom stereocenters. The molecule has 1 aliphatic rings. The standard InChI is InChI=1S/C8H8.C6H11NO/c1-2-8-6-4-3-5-7-8;8-6-4-2-1-3-5-7-6/h2-7H,1H2;1-5H2,(H,7,8). The first kappa shape index (κ1) is 12.5. The number of nitrogens with one attached hydrogen (secondary N) is 1. The van der Waals surface area contributed by atoms with Gasteiger partial charge in [-0.2, -0.15) is 0 Å². The number of amides is 1. The van der Waals surface area contributed by atoms with Gasteiger partial charge in [0.25, 0.3) is 0 Å². The molecule has 0 spiro atoms. The summed E-state index contributed by atoms with van der Waals surface area (Å²) in [5.74, 6) is 0.225. The predicted molar refractivity (Wildman–Crippen MR) is 68.0 cm³/mol. The van der Waals surface area contributed by atoms with Crippen LogP contribution < -0.4 is 5.32 Å². The monoisotopic (exact) mass is 217 g/mol. The highest BCUT2D eigenvalue weighted by atomic mass is 16.1. The molecule has 1 heterocycles. The van der Waals surface area contributed by atoms with Crippen molar-refractivity contribution in [3.8, 4) is 0 Å². The SMILES string of the molecule is C=Cc1ccccc1.O=C1CCCCCN1. The number of benzene rings is 1. The molecule has 2 nitrogen and oxygen atoms in total. The lowest BCUT2D eigenvalue weighted by Gasteiger charge is -1.93. The van der Waals surface area contributed by atoms with Crippen LogP contribution >= 0.6 is 0 Å². The third kappa shape index (κ3) is 5.35. The molecule has 86 valence electrons. The van der Waals surface area contributed by atoms with E-state index < -0.39 is 0 Å². The molecule has 1 aliphatic heterocycles. The second-order valence-electron chi connectivity index (χ2n) is 3.78. The van der Waals surface area contributed by atoms with Gasteiger partial charge in [-0.1, -0.05) is 49.4 Å². The summed E-state index contributed by atoms with van der Waals surface area (Å²) in [5, 5.41) is 2.81. The molecule has 0 aliphatic carbocycles. The molecule has 1 amide bonds. The van der Waals surface area contributed by atoms with Gasteiger partial charge in [0.05, 0.1) is 0 Å². The van der Waals surface area contributed by atoms with E-state index in [9.17, 15) is 4.79 Å². The Morgan fingerprint density at radius 2 is 1.88 bits per heavy atom. The van der Waals surface area contributed by atoms with Crippen molar-refractivity contribution < 1.29 is 4.79 Å². The summed E-state index contributed by atoms with van der Waals surface area (Å²) in [7, 11) is 0. The third-order valence-corrected chi connectivity index (χ3v) is 2.44. The van der Waals surface area contributed by atoms with Crippen molar-refractivity contribution in [2.24, 2.45) is 0 Å². The smallest absolute Gasteiger partial charge is 0.219 e. The summed E-state index contributed by atoms with van der Waals surface area (Å²) in [6.45, 7) is 4.52. The van der Waals surface area contributed by atoms with Crippen molar-refractivity contribution >= 4 is 12.0 Å². The Morgan fingerprint density at radius 1 is 1.12 bits per heavy atom. The topological polar surface area (TPSA) is 29.1 Å². The fraction of sp³-hybridized carbons (Fsp3) is 0.357. The minimum absolute atomic E-state index is 0.225. The van der Waals surface area contributed by atoms with Gasteiger partial charge >= 0.3 is 0 Å². The minimum Gasteiger partial charge on any atom is -0.356 e. The van der Waals surface area contributed by atoms with Gasteiger partial charge in [-0.3, -0.25) is 4.79 Å². The Bertz CT molecular complexity index is 309. The van der Waals surface area contributed by atoms with Crippen LogP contribution in [-0.2, 0) is 4.79 Å². The Hall–Kier alpha value is -1.57. The zero-order valence-corrected chi connectivity index (χ0v) is 9.61. The average molecular weight is 217 g/mol. The fourth-order valence-corrected chi connectivity index (χ4v) is 1.49. The molecule has 1 N–H and O–H groups in total. The molecule has 0 aromatic heterocycles. The summed E-state index contributed by atoms with van der Waals surface area (Å²) in [4.78, 5) is 10.6. The summed E-state index contributed by atoms with van der Waals surface area (Å²) < 4.78 is 0. The molecule has 1 aromatic carbocycles. The van der Waals surface area contributed by atoms with Crippen LogP contribution in [0.1, 0.15) is 31.2 Å². The fourth-order valence-electron chi connectivity index (χ4n) is 1.49. The first-order valence-electron chi connectivity index (χ1n) is 5.77. The quantitative estimate of drug-likeness (QED) is 0.769. The largest absolute Gasteiger partial charge is 0.356 e. The second-order valence-corrected chi connectivity index (χ2v) is 3.78. The van der Waals surface area contributed by atoms with Crippen LogP contribution in [0.4, 0.5) is 0 Å². The van der Waals surface area contributed by atoms with Crippen molar-refractivity contribution in [3.05, 3.63) is 42.5 Å². The first-order chi connectivity index (χ1) is 7.83. The molecular formula is C14H19NO. The van der Waals surface area contributed by atoms with Gasteiger partial charge in [0.1, 0.15) is 0 Å². The molecule has 0 saturated carbocycles. The Labute approximate surface area is 97.4 Å². The molecule has 16 heavy (non-hydrogen) atoms. The van der Waals surface area contributed by atoms with E-state index in [1.807, 2.05) is 36.4 Å². The highest BCUT2D eigenvalue weighted by Gasteiger charge is 2.03. The van der Waals surface area contributed by atoms with Crippen LogP contribution in [0, 0.1) is 0 Å². The molecule has 0 radical (unpaired) electrons. The number of rotatable bonds is 1. The van der Waals surface area contributed by atoms with Crippen molar-refractivity contribution in [1.29, 1.82) is 0 Å². The highest BCUT2D eigenvalue weighted by molar-refractivity contribution is 5.75. The molecular weight excluding hydrogens is 198 g/mol. The summed E-state index contributed by atoms with van der Waals surface area (Å²) in [5.41, 5.74) is 1.17. The first-order valence-corrected chi connectivity index (χ1v) is 5.77. The molecule has 1 fully saturated rings. The molecule has 1 aromatic rings. The molecule has 2 heteroatoms. The normalized spacial score (nSPS) is 15.1. The van der Waals surface area contributed by atoms with E-state index in [-0.39, 0.29) is 5.91 Å². The minimum atomic E-state index is 0.225. The van der Waals surface area contributed by atoms with Gasteiger partial charge in [0, 0.05) is 13.0 Å². The van der Waals surface area contributed by atoms with E-state index in [0.717, 1.165) is 25.8 Å². The van der Waals surface area contributed by atoms with Crippen LogP contribution in [0.3, 0.4) is 0 Å². The molecule has 0 bridgehead atoms. The van der Waals surface area contributed by atoms with Crippen molar-refractivity contribution in [1.82, 2.24) is 5.32 Å². The zero-order chi connectivity index (χ0) is 11.6. The van der Waals surface area contributed by atoms with Crippen LogP contribution in [-0.4, -0.2) is 12.5 Å². The average Bonchev–Trinajstić information content (AvgIpc) is 2.59. The van der Waals surface area contributed by atoms with E-state index in [2.05, 4.69) is 11.9 Å². The van der Waals surface area contributed by atoms with Crippen LogP contribution in [0.5, 0.6) is 0 Å². The zero-order valence-electron chi connectivity index (χ0n) is 9.61. The Balaban J connectivity index is 0.000000160. The highest BCUT2D eigenvalue weighted by Crippen LogP contribution is 2.02. The van der Waals surface area contributed by atoms with Crippen molar-refractivity contribution in [2.75, 3.05) is 6.54 Å². The van der Waals surface area contributed by atoms with Crippen LogP contribution in [0.25, 0.3) is 6.08 Å². The van der Waals surface area contributed by atoms with Gasteiger partial charge in [-0.05, 0) is 18.4 Å². The van der Waals surface area contributed by atoms with Gasteiger partial charge in [0.2, 0.25) is 5.91 Å². The maximum Gasteiger partial charge on any atom is 0.219 e. The van der Waals surface area contributed by atoms with Crippen LogP contribution in [0.15, 0.2) is 36.9 Å². The van der Waals surface area contributed by atoms with E-state index in [0.29, 0.717) is 0 Å².